The SMILES string of the molecule is N[C@H](C(=O)O)C(NS(=O)(=O)c1c(F)c(F)c(F)c(F)c1F)C(=O)O. The van der Waals surface area contributed by atoms with Crippen molar-refractivity contribution in [2.24, 2.45) is 5.73 Å². The van der Waals surface area contributed by atoms with Crippen LogP contribution >= 0.6 is 0 Å². The minimum absolute atomic E-state index is 0.977. The van der Waals surface area contributed by atoms with Crippen LogP contribution in [0.1, 0.15) is 0 Å². The van der Waals surface area contributed by atoms with E-state index < -0.39 is 68.0 Å². The Morgan fingerprint density at radius 1 is 0.875 bits per heavy atom. The van der Waals surface area contributed by atoms with Crippen LogP contribution in [0, 0.1) is 29.1 Å². The maximum atomic E-state index is 13.5. The molecular formula is C10H7F5N2O6S. The minimum Gasteiger partial charge on any atom is -0.480 e. The predicted molar refractivity (Wildman–Crippen MR) is 63.6 cm³/mol. The summed E-state index contributed by atoms with van der Waals surface area (Å²) in [5, 5.41) is 17.3. The number of hydrogen-bond donors (Lipinski definition) is 4. The van der Waals surface area contributed by atoms with E-state index in [1.165, 1.54) is 0 Å². The predicted octanol–water partition coefficient (Wildman–Crippen LogP) is -0.475. The fourth-order valence-electron chi connectivity index (χ4n) is 1.47. The molecule has 134 valence electrons. The summed E-state index contributed by atoms with van der Waals surface area (Å²) >= 11 is 0. The van der Waals surface area contributed by atoms with Crippen molar-refractivity contribution in [3.63, 3.8) is 0 Å². The molecule has 0 heterocycles. The van der Waals surface area contributed by atoms with Gasteiger partial charge in [-0.3, -0.25) is 9.59 Å². The van der Waals surface area contributed by atoms with Gasteiger partial charge in [-0.05, 0) is 0 Å². The van der Waals surface area contributed by atoms with Crippen molar-refractivity contribution in [1.82, 2.24) is 4.72 Å². The average molecular weight is 378 g/mol. The Balaban J connectivity index is 3.51. The van der Waals surface area contributed by atoms with Gasteiger partial charge in [0.2, 0.25) is 15.8 Å². The maximum Gasteiger partial charge on any atom is 0.323 e. The summed E-state index contributed by atoms with van der Waals surface area (Å²) in [6.45, 7) is 0. The molecule has 2 atom stereocenters. The molecule has 0 saturated carbocycles. The van der Waals surface area contributed by atoms with Gasteiger partial charge in [0.15, 0.2) is 28.2 Å². The number of rotatable bonds is 6. The van der Waals surface area contributed by atoms with Crippen molar-refractivity contribution in [2.45, 2.75) is 17.0 Å². The molecule has 0 amide bonds. The molecule has 1 rings (SSSR count). The zero-order chi connectivity index (χ0) is 19.0. The van der Waals surface area contributed by atoms with Gasteiger partial charge in [0, 0.05) is 0 Å². The van der Waals surface area contributed by atoms with Crippen LogP contribution in [0.25, 0.3) is 0 Å². The standard InChI is InChI=1S/C10H7F5N2O6S/c11-1-2(12)4(14)8(5(15)3(1)13)24(22,23)17-7(10(20)21)6(16)9(18)19/h6-7,17H,16H2,(H,18,19)(H,20,21)/t6-,7?/m0/s1. The van der Waals surface area contributed by atoms with Crippen molar-refractivity contribution in [3.05, 3.63) is 29.1 Å². The molecule has 5 N–H and O–H groups in total. The van der Waals surface area contributed by atoms with E-state index >= 15 is 0 Å². The molecule has 0 bridgehead atoms. The van der Waals surface area contributed by atoms with Gasteiger partial charge >= 0.3 is 11.9 Å². The number of halogens is 5. The second-order valence-electron chi connectivity index (χ2n) is 4.20. The third kappa shape index (κ3) is 3.44. The molecule has 0 aliphatic rings. The minimum atomic E-state index is -5.68. The fourth-order valence-corrected chi connectivity index (χ4v) is 2.82. The van der Waals surface area contributed by atoms with E-state index in [1.807, 2.05) is 0 Å². The number of nitrogens with two attached hydrogens (primary N) is 1. The molecule has 0 aliphatic heterocycles. The van der Waals surface area contributed by atoms with Crippen LogP contribution in [0.5, 0.6) is 0 Å². The lowest BCUT2D eigenvalue weighted by Crippen LogP contribution is -2.55. The highest BCUT2D eigenvalue weighted by molar-refractivity contribution is 7.89. The Bertz CT molecular complexity index is 785. The number of hydrogen-bond acceptors (Lipinski definition) is 5. The zero-order valence-electron chi connectivity index (χ0n) is 11.1. The van der Waals surface area contributed by atoms with Crippen LogP contribution in [-0.2, 0) is 19.6 Å². The van der Waals surface area contributed by atoms with Gasteiger partial charge in [-0.2, -0.15) is 4.72 Å². The summed E-state index contributed by atoms with van der Waals surface area (Å²) in [7, 11) is -5.68. The number of carboxylic acid groups (broad SMARTS) is 2. The zero-order valence-corrected chi connectivity index (χ0v) is 11.9. The van der Waals surface area contributed by atoms with Crippen LogP contribution in [0.15, 0.2) is 4.90 Å². The van der Waals surface area contributed by atoms with E-state index in [1.54, 1.807) is 0 Å². The monoisotopic (exact) mass is 378 g/mol. The Kier molecular flexibility index (Phi) is 5.47. The van der Waals surface area contributed by atoms with Gasteiger partial charge in [0.25, 0.3) is 0 Å². The Morgan fingerprint density at radius 2 is 1.25 bits per heavy atom. The van der Waals surface area contributed by atoms with Gasteiger partial charge in [0.1, 0.15) is 12.1 Å². The smallest absolute Gasteiger partial charge is 0.323 e. The summed E-state index contributed by atoms with van der Waals surface area (Å²) in [6.07, 6.45) is 0. The molecule has 0 radical (unpaired) electrons. The van der Waals surface area contributed by atoms with Gasteiger partial charge in [0.05, 0.1) is 0 Å². The number of sulfonamides is 1. The summed E-state index contributed by atoms with van der Waals surface area (Å²) in [4.78, 5) is 19.1. The molecule has 0 fully saturated rings. The van der Waals surface area contributed by atoms with Gasteiger partial charge in [-0.25, -0.2) is 30.4 Å². The summed E-state index contributed by atoms with van der Waals surface area (Å²) in [6, 6.07) is -5.07. The van der Waals surface area contributed by atoms with E-state index in [-0.39, 0.29) is 0 Å². The number of carboxylic acids is 2. The highest BCUT2D eigenvalue weighted by Gasteiger charge is 2.39. The van der Waals surface area contributed by atoms with Crippen molar-refractivity contribution in [1.29, 1.82) is 0 Å². The largest absolute Gasteiger partial charge is 0.480 e. The first-order valence-corrected chi connectivity index (χ1v) is 7.06. The quantitative estimate of drug-likeness (QED) is 0.297. The van der Waals surface area contributed by atoms with E-state index in [4.69, 9.17) is 15.9 Å². The number of benzene rings is 1. The fraction of sp³-hybridized carbons (Fsp3) is 0.200. The molecule has 14 heteroatoms. The summed E-state index contributed by atoms with van der Waals surface area (Å²) in [5.41, 5.74) is 4.90. The molecule has 1 unspecified atom stereocenters. The van der Waals surface area contributed by atoms with Crippen molar-refractivity contribution >= 4 is 22.0 Å². The maximum absolute atomic E-state index is 13.5. The van der Waals surface area contributed by atoms with Gasteiger partial charge in [-0.1, -0.05) is 0 Å². The van der Waals surface area contributed by atoms with Crippen LogP contribution in [0.4, 0.5) is 22.0 Å². The van der Waals surface area contributed by atoms with Gasteiger partial charge < -0.3 is 15.9 Å². The Morgan fingerprint density at radius 3 is 1.58 bits per heavy atom. The first kappa shape index (κ1) is 19.7. The molecule has 1 aromatic carbocycles. The third-order valence-corrected chi connectivity index (χ3v) is 4.09. The number of nitrogens with one attached hydrogen (secondary N) is 1. The molecular weight excluding hydrogens is 371 g/mol. The van der Waals surface area contributed by atoms with Crippen molar-refractivity contribution < 1.29 is 50.2 Å². The lowest BCUT2D eigenvalue weighted by molar-refractivity contribution is -0.146. The summed E-state index contributed by atoms with van der Waals surface area (Å²) in [5.74, 6) is -17.5. The molecule has 24 heavy (non-hydrogen) atoms. The van der Waals surface area contributed by atoms with Crippen LogP contribution in [-0.4, -0.2) is 42.7 Å². The molecule has 0 saturated heterocycles. The normalized spacial score (nSPS) is 14.2. The number of carbonyl (C=O) groups is 2. The van der Waals surface area contributed by atoms with Crippen molar-refractivity contribution in [2.75, 3.05) is 0 Å². The van der Waals surface area contributed by atoms with Gasteiger partial charge in [-0.15, -0.1) is 0 Å². The lowest BCUT2D eigenvalue weighted by atomic mass is 10.1. The third-order valence-electron chi connectivity index (χ3n) is 2.63. The van der Waals surface area contributed by atoms with Crippen molar-refractivity contribution in [3.8, 4) is 0 Å². The topological polar surface area (TPSA) is 147 Å². The van der Waals surface area contributed by atoms with E-state index in [0.717, 1.165) is 4.72 Å². The highest BCUT2D eigenvalue weighted by atomic mass is 32.2. The molecule has 1 aromatic rings. The molecule has 0 aliphatic carbocycles. The second-order valence-corrected chi connectivity index (χ2v) is 5.85. The lowest BCUT2D eigenvalue weighted by Gasteiger charge is -2.18. The summed E-state index contributed by atoms with van der Waals surface area (Å²) < 4.78 is 90.4. The molecule has 0 aromatic heterocycles. The first-order chi connectivity index (χ1) is 10.8. The average Bonchev–Trinajstić information content (AvgIpc) is 2.47. The number of aliphatic carboxylic acids is 2. The van der Waals surface area contributed by atoms with Crippen LogP contribution < -0.4 is 10.5 Å². The van der Waals surface area contributed by atoms with E-state index in [9.17, 15) is 40.0 Å². The Labute approximate surface area is 129 Å². The highest BCUT2D eigenvalue weighted by Crippen LogP contribution is 2.26. The first-order valence-electron chi connectivity index (χ1n) is 5.57. The second kappa shape index (κ2) is 6.66. The van der Waals surface area contributed by atoms with Crippen LogP contribution in [0.3, 0.4) is 0 Å². The van der Waals surface area contributed by atoms with E-state index in [0.29, 0.717) is 0 Å². The van der Waals surface area contributed by atoms with Crippen LogP contribution in [0.2, 0.25) is 0 Å². The Hall–Kier alpha value is -2.32. The molecule has 0 spiro atoms. The van der Waals surface area contributed by atoms with E-state index in [2.05, 4.69) is 0 Å². The molecule has 8 nitrogen and oxygen atoms in total.